The number of alkyl halides is 2. The highest BCUT2D eigenvalue weighted by atomic mass is 19.3. The molecule has 2 aliphatic heterocycles. The first-order valence-corrected chi connectivity index (χ1v) is 9.78. The molecular formula is C22H15F3N4O4. The molecule has 1 amide bonds. The van der Waals surface area contributed by atoms with Gasteiger partial charge in [-0.3, -0.25) is 14.6 Å². The summed E-state index contributed by atoms with van der Waals surface area (Å²) in [5, 5.41) is 4.30. The quantitative estimate of drug-likeness (QED) is 0.603. The molecule has 0 unspecified atom stereocenters. The number of hydrogen-bond acceptors (Lipinski definition) is 6. The number of halogens is 3. The number of likely N-dealkylation sites (N-methyl/N-ethyl adjacent to an activating group) is 1. The number of amides is 1. The van der Waals surface area contributed by atoms with Crippen LogP contribution in [0.15, 0.2) is 52.3 Å². The zero-order valence-corrected chi connectivity index (χ0v) is 17.1. The summed E-state index contributed by atoms with van der Waals surface area (Å²) in [6, 6.07) is 9.62. The zero-order chi connectivity index (χ0) is 23.3. The Hall–Kier alpha value is -4.15. The zero-order valence-electron chi connectivity index (χ0n) is 17.1. The number of rotatable bonds is 4. The minimum Gasteiger partial charge on any atom is -0.395 e. The Morgan fingerprint density at radius 2 is 1.97 bits per heavy atom. The molecule has 0 fully saturated rings. The highest BCUT2D eigenvalue weighted by Crippen LogP contribution is 2.42. The van der Waals surface area contributed by atoms with Gasteiger partial charge in [-0.05, 0) is 24.3 Å². The van der Waals surface area contributed by atoms with Crippen molar-refractivity contribution < 1.29 is 27.4 Å². The molecule has 0 N–H and O–H groups in total. The van der Waals surface area contributed by atoms with Gasteiger partial charge in [-0.15, -0.1) is 8.78 Å². The molecule has 168 valence electrons. The molecule has 2 aromatic carbocycles. The van der Waals surface area contributed by atoms with Crippen LogP contribution in [0.25, 0.3) is 11.3 Å². The van der Waals surface area contributed by atoms with Crippen molar-refractivity contribution in [3.05, 3.63) is 69.8 Å². The van der Waals surface area contributed by atoms with Crippen molar-refractivity contribution in [3.8, 4) is 22.8 Å². The van der Waals surface area contributed by atoms with E-state index in [4.69, 9.17) is 0 Å². The number of fused-ring (bicyclic) bond motifs is 2. The molecule has 5 rings (SSSR count). The molecule has 0 spiro atoms. The molecule has 0 saturated heterocycles. The van der Waals surface area contributed by atoms with E-state index in [1.165, 1.54) is 54.6 Å². The van der Waals surface area contributed by atoms with E-state index in [2.05, 4.69) is 19.6 Å². The summed E-state index contributed by atoms with van der Waals surface area (Å²) < 4.78 is 50.1. The number of hydrogen-bond donors (Lipinski definition) is 0. The smallest absolute Gasteiger partial charge is 0.395 e. The molecule has 0 atom stereocenters. The fourth-order valence-electron chi connectivity index (χ4n) is 3.63. The van der Waals surface area contributed by atoms with Crippen molar-refractivity contribution in [2.75, 3.05) is 11.9 Å². The number of nitrogens with zero attached hydrogens (tertiary/aromatic N) is 4. The summed E-state index contributed by atoms with van der Waals surface area (Å²) in [5.41, 5.74) is 1.36. The number of carbonyl (C=O) groups excluding carboxylic acids is 1. The lowest BCUT2D eigenvalue weighted by atomic mass is 10.0. The van der Waals surface area contributed by atoms with E-state index in [9.17, 15) is 22.8 Å². The molecule has 1 aromatic heterocycles. The average molecular weight is 456 g/mol. The largest absolute Gasteiger partial charge is 0.586 e. The van der Waals surface area contributed by atoms with Crippen molar-refractivity contribution in [3.63, 3.8) is 0 Å². The van der Waals surface area contributed by atoms with Gasteiger partial charge in [0.1, 0.15) is 18.1 Å². The van der Waals surface area contributed by atoms with Gasteiger partial charge >= 0.3 is 6.29 Å². The van der Waals surface area contributed by atoms with Crippen molar-refractivity contribution in [1.82, 2.24) is 9.78 Å². The summed E-state index contributed by atoms with van der Waals surface area (Å²) in [6.45, 7) is -0.311. The van der Waals surface area contributed by atoms with Crippen LogP contribution < -0.4 is 19.9 Å². The van der Waals surface area contributed by atoms with Gasteiger partial charge in [0.05, 0.1) is 12.1 Å². The van der Waals surface area contributed by atoms with Gasteiger partial charge in [0.2, 0.25) is 5.91 Å². The Kier molecular flexibility index (Phi) is 4.69. The van der Waals surface area contributed by atoms with Crippen LogP contribution >= 0.6 is 0 Å². The number of anilines is 1. The van der Waals surface area contributed by atoms with Gasteiger partial charge in [-0.1, -0.05) is 12.1 Å². The van der Waals surface area contributed by atoms with Crippen LogP contribution in [-0.4, -0.2) is 35.2 Å². The monoisotopic (exact) mass is 456 g/mol. The minimum atomic E-state index is -3.78. The van der Waals surface area contributed by atoms with Crippen LogP contribution in [0.2, 0.25) is 0 Å². The summed E-state index contributed by atoms with van der Waals surface area (Å²) in [7, 11) is 1.42. The number of aliphatic imine (C=N–C) groups is 1. The Morgan fingerprint density at radius 3 is 2.76 bits per heavy atom. The third-order valence-corrected chi connectivity index (χ3v) is 5.29. The summed E-state index contributed by atoms with van der Waals surface area (Å²) >= 11 is 0. The summed E-state index contributed by atoms with van der Waals surface area (Å²) in [4.78, 5) is 31.1. The van der Waals surface area contributed by atoms with E-state index < -0.39 is 30.1 Å². The maximum Gasteiger partial charge on any atom is 0.586 e. The molecule has 3 heterocycles. The SMILES string of the molecule is CN(C(=O)Cn1nc(-c2cccc(F)c2)c2c(c1=O)CN=C2)c1ccc2c(c1)OC(F)(F)O2. The summed E-state index contributed by atoms with van der Waals surface area (Å²) in [6.07, 6.45) is -2.27. The minimum absolute atomic E-state index is 0.124. The Labute approximate surface area is 184 Å². The van der Waals surface area contributed by atoms with Crippen molar-refractivity contribution in [2.45, 2.75) is 19.4 Å². The molecule has 0 bridgehead atoms. The molecule has 11 heteroatoms. The van der Waals surface area contributed by atoms with Gasteiger partial charge in [-0.2, -0.15) is 5.10 Å². The second kappa shape index (κ2) is 7.47. The maximum absolute atomic E-state index is 13.8. The average Bonchev–Trinajstić information content (AvgIpc) is 3.37. The highest BCUT2D eigenvalue weighted by Gasteiger charge is 2.43. The molecule has 33 heavy (non-hydrogen) atoms. The van der Waals surface area contributed by atoms with Gasteiger partial charge in [-0.25, -0.2) is 9.07 Å². The molecule has 0 saturated carbocycles. The fourth-order valence-corrected chi connectivity index (χ4v) is 3.63. The van der Waals surface area contributed by atoms with Crippen LogP contribution in [0.4, 0.5) is 18.9 Å². The van der Waals surface area contributed by atoms with Gasteiger partial charge in [0.15, 0.2) is 11.5 Å². The lowest BCUT2D eigenvalue weighted by Gasteiger charge is -2.19. The summed E-state index contributed by atoms with van der Waals surface area (Å²) in [5.74, 6) is -1.38. The van der Waals surface area contributed by atoms with Crippen molar-refractivity contribution in [1.29, 1.82) is 0 Å². The highest BCUT2D eigenvalue weighted by molar-refractivity contribution is 5.94. The molecular weight excluding hydrogens is 441 g/mol. The third-order valence-electron chi connectivity index (χ3n) is 5.29. The first kappa shape index (κ1) is 20.7. The molecule has 0 radical (unpaired) electrons. The van der Waals surface area contributed by atoms with E-state index in [0.717, 1.165) is 4.68 Å². The standard InChI is InChI=1S/C22H15F3N4O4/c1-28(14-5-6-17-18(8-14)33-22(24,25)32-17)19(30)11-29-21(31)16-10-26-9-15(16)20(27-29)12-3-2-4-13(23)7-12/h2-9H,10-11H2,1H3. The number of benzene rings is 2. The Bertz CT molecular complexity index is 1390. The molecule has 8 nitrogen and oxygen atoms in total. The second-order valence-corrected chi connectivity index (χ2v) is 7.44. The molecule has 2 aliphatic rings. The van der Waals surface area contributed by atoms with Crippen LogP contribution in [-0.2, 0) is 17.9 Å². The number of ether oxygens (including phenoxy) is 2. The molecule has 0 aliphatic carbocycles. The number of aromatic nitrogens is 2. The topological polar surface area (TPSA) is 86.0 Å². The number of carbonyl (C=O) groups is 1. The van der Waals surface area contributed by atoms with E-state index in [1.54, 1.807) is 6.07 Å². The predicted molar refractivity (Wildman–Crippen MR) is 111 cm³/mol. The lowest BCUT2D eigenvalue weighted by Crippen LogP contribution is -2.36. The predicted octanol–water partition coefficient (Wildman–Crippen LogP) is 2.97. The van der Waals surface area contributed by atoms with Crippen LogP contribution in [0, 0.1) is 5.82 Å². The first-order chi connectivity index (χ1) is 15.7. The van der Waals surface area contributed by atoms with E-state index in [0.29, 0.717) is 22.4 Å². The lowest BCUT2D eigenvalue weighted by molar-refractivity contribution is -0.286. The van der Waals surface area contributed by atoms with Gasteiger partial charge in [0.25, 0.3) is 5.56 Å². The third kappa shape index (κ3) is 3.71. The Morgan fingerprint density at radius 1 is 1.18 bits per heavy atom. The fraction of sp³-hybridized carbons (Fsp3) is 0.182. The van der Waals surface area contributed by atoms with Crippen molar-refractivity contribution >= 4 is 17.8 Å². The van der Waals surface area contributed by atoms with Crippen LogP contribution in [0.5, 0.6) is 11.5 Å². The van der Waals surface area contributed by atoms with E-state index in [1.807, 2.05) is 0 Å². The van der Waals surface area contributed by atoms with Crippen LogP contribution in [0.3, 0.4) is 0 Å². The maximum atomic E-state index is 13.8. The van der Waals surface area contributed by atoms with E-state index >= 15 is 0 Å². The van der Waals surface area contributed by atoms with Crippen LogP contribution in [0.1, 0.15) is 11.1 Å². The normalized spacial score (nSPS) is 14.9. The molecule has 3 aromatic rings. The Balaban J connectivity index is 1.46. The van der Waals surface area contributed by atoms with Gasteiger partial charge in [0, 0.05) is 36.1 Å². The van der Waals surface area contributed by atoms with E-state index in [-0.39, 0.29) is 23.7 Å². The first-order valence-electron chi connectivity index (χ1n) is 9.78. The second-order valence-electron chi connectivity index (χ2n) is 7.44. The van der Waals surface area contributed by atoms with Gasteiger partial charge < -0.3 is 14.4 Å². The van der Waals surface area contributed by atoms with Crippen molar-refractivity contribution in [2.24, 2.45) is 4.99 Å².